The Kier molecular flexibility index (Phi) is 2.79. The third-order valence-corrected chi connectivity index (χ3v) is 5.55. The van der Waals surface area contributed by atoms with Crippen molar-refractivity contribution >= 4 is 0 Å². The van der Waals surface area contributed by atoms with Gasteiger partial charge in [-0.3, -0.25) is 4.90 Å². The van der Waals surface area contributed by atoms with Crippen LogP contribution in [0.25, 0.3) is 0 Å². The summed E-state index contributed by atoms with van der Waals surface area (Å²) in [6.07, 6.45) is -0.724. The van der Waals surface area contributed by atoms with Gasteiger partial charge in [-0.2, -0.15) is 0 Å². The average Bonchev–Trinajstić information content (AvgIpc) is 3.13. The Morgan fingerprint density at radius 3 is 2.65 bits per heavy atom. The summed E-state index contributed by atoms with van der Waals surface area (Å²) in [6, 6.07) is 3.50. The van der Waals surface area contributed by atoms with Gasteiger partial charge in [0.25, 0.3) is 0 Å². The van der Waals surface area contributed by atoms with Crippen LogP contribution in [0.3, 0.4) is 0 Å². The lowest BCUT2D eigenvalue weighted by Gasteiger charge is -2.34. The molecule has 6 heteroatoms. The standard InChI is InChI=1S/C17H17F2NO3/c1-21-14-5-13-9(2-12(14)18)11-6-20(13)17(19)10-4-16-15(3-8(10)11)22-7-23-16/h2-4,11-14,17H,5-7H2,1H3/t11-,12+,13-,14-,17+/m0/s1. The predicted octanol–water partition coefficient (Wildman–Crippen LogP) is 2.85. The highest BCUT2D eigenvalue weighted by Gasteiger charge is 2.50. The molecule has 6 atom stereocenters. The highest BCUT2D eigenvalue weighted by atomic mass is 19.1. The summed E-state index contributed by atoms with van der Waals surface area (Å²) in [5, 5.41) is 0. The molecule has 3 heterocycles. The molecule has 1 unspecified atom stereocenters. The summed E-state index contributed by atoms with van der Waals surface area (Å²) >= 11 is 0. The number of ether oxygens (including phenoxy) is 3. The van der Waals surface area contributed by atoms with Crippen LogP contribution in [-0.2, 0) is 4.74 Å². The van der Waals surface area contributed by atoms with Gasteiger partial charge in [-0.1, -0.05) is 0 Å². The van der Waals surface area contributed by atoms with Crippen molar-refractivity contribution in [3.8, 4) is 11.5 Å². The zero-order valence-corrected chi connectivity index (χ0v) is 12.7. The summed E-state index contributed by atoms with van der Waals surface area (Å²) in [5.41, 5.74) is 2.49. The lowest BCUT2D eigenvalue weighted by Crippen LogP contribution is -2.40. The molecular formula is C17H17F2NO3. The third kappa shape index (κ3) is 1.76. The van der Waals surface area contributed by atoms with E-state index >= 15 is 4.39 Å². The minimum Gasteiger partial charge on any atom is -0.454 e. The fourth-order valence-electron chi connectivity index (χ4n) is 4.42. The van der Waals surface area contributed by atoms with E-state index in [0.717, 1.165) is 11.1 Å². The zero-order chi connectivity index (χ0) is 15.7. The maximum absolute atomic E-state index is 15.1. The van der Waals surface area contributed by atoms with Crippen molar-refractivity contribution in [2.75, 3.05) is 20.4 Å². The quantitative estimate of drug-likeness (QED) is 0.588. The smallest absolute Gasteiger partial charge is 0.231 e. The minimum absolute atomic E-state index is 0.0209. The fraction of sp³-hybridized carbons (Fsp3) is 0.529. The number of nitrogens with zero attached hydrogens (tertiary/aromatic N) is 1. The molecule has 3 aliphatic heterocycles. The van der Waals surface area contributed by atoms with E-state index in [1.54, 1.807) is 12.1 Å². The molecule has 1 fully saturated rings. The van der Waals surface area contributed by atoms with Crippen LogP contribution < -0.4 is 9.47 Å². The predicted molar refractivity (Wildman–Crippen MR) is 78.0 cm³/mol. The summed E-state index contributed by atoms with van der Waals surface area (Å²) in [5.74, 6) is 1.26. The third-order valence-electron chi connectivity index (χ3n) is 5.55. The number of hydrogen-bond acceptors (Lipinski definition) is 4. The molecular weight excluding hydrogens is 304 g/mol. The highest BCUT2D eigenvalue weighted by Crippen LogP contribution is 2.54. The first-order chi connectivity index (χ1) is 11.2. The number of fused-ring (bicyclic) bond motifs is 8. The van der Waals surface area contributed by atoms with Gasteiger partial charge < -0.3 is 14.2 Å². The molecule has 4 aliphatic rings. The number of rotatable bonds is 1. The van der Waals surface area contributed by atoms with Crippen LogP contribution >= 0.6 is 0 Å². The maximum atomic E-state index is 15.1. The molecule has 0 radical (unpaired) electrons. The molecule has 1 aromatic rings. The summed E-state index contributed by atoms with van der Waals surface area (Å²) < 4.78 is 45.4. The van der Waals surface area contributed by atoms with Crippen LogP contribution in [0, 0.1) is 0 Å². The fourth-order valence-corrected chi connectivity index (χ4v) is 4.42. The second-order valence-corrected chi connectivity index (χ2v) is 6.56. The molecule has 2 bridgehead atoms. The van der Waals surface area contributed by atoms with E-state index in [4.69, 9.17) is 14.2 Å². The zero-order valence-electron chi connectivity index (χ0n) is 12.7. The lowest BCUT2D eigenvalue weighted by atomic mass is 9.82. The van der Waals surface area contributed by atoms with E-state index in [1.807, 2.05) is 11.0 Å². The van der Waals surface area contributed by atoms with E-state index in [-0.39, 0.29) is 18.8 Å². The van der Waals surface area contributed by atoms with E-state index in [2.05, 4.69) is 0 Å². The van der Waals surface area contributed by atoms with Crippen LogP contribution in [0.5, 0.6) is 11.5 Å². The topological polar surface area (TPSA) is 30.9 Å². The normalized spacial score (nSPS) is 39.7. The monoisotopic (exact) mass is 321 g/mol. The Bertz CT molecular complexity index is 707. The van der Waals surface area contributed by atoms with Crippen LogP contribution in [0.1, 0.15) is 29.8 Å². The second-order valence-electron chi connectivity index (χ2n) is 6.56. The molecule has 0 spiro atoms. The van der Waals surface area contributed by atoms with Crippen LogP contribution in [0.2, 0.25) is 0 Å². The van der Waals surface area contributed by atoms with Gasteiger partial charge in [0.15, 0.2) is 17.8 Å². The second kappa shape index (κ2) is 4.68. The van der Waals surface area contributed by atoms with Crippen LogP contribution in [0.15, 0.2) is 23.8 Å². The number of alkyl halides is 2. The number of hydrogen-bond donors (Lipinski definition) is 0. The SMILES string of the molecule is CO[C@H]1C[C@H]2C(=C[C@H]1F)[C@H]1CN2[C@@H](F)c2cc3c(cc21)OCO3. The van der Waals surface area contributed by atoms with Gasteiger partial charge in [-0.05, 0) is 35.8 Å². The van der Waals surface area contributed by atoms with Crippen LogP contribution in [0.4, 0.5) is 8.78 Å². The first-order valence-electron chi connectivity index (χ1n) is 7.89. The number of benzene rings is 1. The molecule has 1 saturated heterocycles. The van der Waals surface area contributed by atoms with Crippen molar-refractivity contribution < 1.29 is 23.0 Å². The van der Waals surface area contributed by atoms with E-state index in [0.29, 0.717) is 30.0 Å². The lowest BCUT2D eigenvalue weighted by molar-refractivity contribution is 0.000228. The highest BCUT2D eigenvalue weighted by molar-refractivity contribution is 5.55. The molecule has 0 aromatic heterocycles. The molecule has 23 heavy (non-hydrogen) atoms. The molecule has 0 amide bonds. The van der Waals surface area contributed by atoms with Crippen molar-refractivity contribution in [1.82, 2.24) is 4.90 Å². The summed E-state index contributed by atoms with van der Waals surface area (Å²) in [6.45, 7) is 0.740. The van der Waals surface area contributed by atoms with Crippen molar-refractivity contribution in [2.45, 2.75) is 37.0 Å². The van der Waals surface area contributed by atoms with Gasteiger partial charge in [-0.25, -0.2) is 8.78 Å². The molecule has 4 nitrogen and oxygen atoms in total. The Balaban J connectivity index is 1.63. The number of halogens is 2. The van der Waals surface area contributed by atoms with Crippen molar-refractivity contribution in [3.05, 3.63) is 34.9 Å². The van der Waals surface area contributed by atoms with E-state index in [9.17, 15) is 4.39 Å². The molecule has 1 aliphatic carbocycles. The van der Waals surface area contributed by atoms with Gasteiger partial charge in [0.1, 0.15) is 6.17 Å². The van der Waals surface area contributed by atoms with Crippen molar-refractivity contribution in [2.24, 2.45) is 0 Å². The first kappa shape index (κ1) is 13.7. The number of methoxy groups -OCH3 is 1. The van der Waals surface area contributed by atoms with Crippen molar-refractivity contribution in [3.63, 3.8) is 0 Å². The Labute approximate surface area is 132 Å². The van der Waals surface area contributed by atoms with Gasteiger partial charge in [-0.15, -0.1) is 0 Å². The van der Waals surface area contributed by atoms with Gasteiger partial charge >= 0.3 is 0 Å². The molecule has 0 saturated carbocycles. The first-order valence-corrected chi connectivity index (χ1v) is 7.89. The van der Waals surface area contributed by atoms with Gasteiger partial charge in [0, 0.05) is 31.2 Å². The van der Waals surface area contributed by atoms with Gasteiger partial charge in [0.05, 0.1) is 6.10 Å². The largest absolute Gasteiger partial charge is 0.454 e. The van der Waals surface area contributed by atoms with Crippen molar-refractivity contribution in [1.29, 1.82) is 0 Å². The Morgan fingerprint density at radius 1 is 1.17 bits per heavy atom. The molecule has 0 N–H and O–H groups in total. The Hall–Kier alpha value is -1.66. The Morgan fingerprint density at radius 2 is 1.91 bits per heavy atom. The van der Waals surface area contributed by atoms with Crippen LogP contribution in [-0.4, -0.2) is 43.7 Å². The summed E-state index contributed by atoms with van der Waals surface area (Å²) in [4.78, 5) is 1.82. The van der Waals surface area contributed by atoms with Gasteiger partial charge in [0.2, 0.25) is 6.79 Å². The molecule has 122 valence electrons. The average molecular weight is 321 g/mol. The molecule has 1 aromatic carbocycles. The van der Waals surface area contributed by atoms with E-state index in [1.165, 1.54) is 7.11 Å². The summed E-state index contributed by atoms with van der Waals surface area (Å²) in [7, 11) is 1.51. The minimum atomic E-state index is -1.21. The maximum Gasteiger partial charge on any atom is 0.231 e. The van der Waals surface area contributed by atoms with E-state index < -0.39 is 18.6 Å². The molecule has 5 rings (SSSR count).